The molecule has 12 heavy (non-hydrogen) atoms. The summed E-state index contributed by atoms with van der Waals surface area (Å²) in [6, 6.07) is 0. The highest BCUT2D eigenvalue weighted by molar-refractivity contribution is 4.89. The van der Waals surface area contributed by atoms with Gasteiger partial charge in [0.2, 0.25) is 0 Å². The smallest absolute Gasteiger partial charge is 0.0297 e. The van der Waals surface area contributed by atoms with Gasteiger partial charge in [0.05, 0.1) is 0 Å². The van der Waals surface area contributed by atoms with Crippen LogP contribution in [-0.4, -0.2) is 0 Å². The predicted molar refractivity (Wildman–Crippen MR) is 59.4 cm³/mol. The summed E-state index contributed by atoms with van der Waals surface area (Å²) in [5.41, 5.74) is 1.33. The minimum atomic E-state index is 0.891. The maximum atomic E-state index is 3.93. The molecule has 0 amide bonds. The van der Waals surface area contributed by atoms with Crippen molar-refractivity contribution in [2.24, 2.45) is 5.92 Å². The van der Waals surface area contributed by atoms with E-state index in [0.717, 1.165) is 5.92 Å². The summed E-state index contributed by atoms with van der Waals surface area (Å²) in [5.74, 6) is 0.891. The van der Waals surface area contributed by atoms with Gasteiger partial charge >= 0.3 is 0 Å². The molecular weight excluding hydrogens is 144 g/mol. The molecule has 0 nitrogen and oxygen atoms in total. The normalized spacial score (nSPS) is 11.2. The van der Waals surface area contributed by atoms with Crippen LogP contribution in [-0.2, 0) is 0 Å². The van der Waals surface area contributed by atoms with Gasteiger partial charge in [-0.15, -0.1) is 19.7 Å². The molecule has 0 N–H and O–H groups in total. The number of hydrogen-bond donors (Lipinski definition) is 0. The minimum Gasteiger partial charge on any atom is -0.106 e. The summed E-state index contributed by atoms with van der Waals surface area (Å²) in [7, 11) is 0. The SMILES string of the molecule is C=C.C=C(C)CC(CC)CCC. The zero-order valence-electron chi connectivity index (χ0n) is 9.03. The monoisotopic (exact) mass is 168 g/mol. The Morgan fingerprint density at radius 2 is 1.75 bits per heavy atom. The average molecular weight is 168 g/mol. The Labute approximate surface area is 78.4 Å². The van der Waals surface area contributed by atoms with E-state index in [4.69, 9.17) is 0 Å². The Kier molecular flexibility index (Phi) is 12.3. The summed E-state index contributed by atoms with van der Waals surface area (Å²) < 4.78 is 0. The van der Waals surface area contributed by atoms with E-state index >= 15 is 0 Å². The highest BCUT2D eigenvalue weighted by Gasteiger charge is 2.03. The van der Waals surface area contributed by atoms with Crippen molar-refractivity contribution in [1.29, 1.82) is 0 Å². The van der Waals surface area contributed by atoms with Crippen LogP contribution in [0.5, 0.6) is 0 Å². The van der Waals surface area contributed by atoms with Crippen LogP contribution in [0.3, 0.4) is 0 Å². The number of rotatable bonds is 5. The van der Waals surface area contributed by atoms with Gasteiger partial charge in [0.25, 0.3) is 0 Å². The van der Waals surface area contributed by atoms with Crippen molar-refractivity contribution in [2.45, 2.75) is 46.5 Å². The second-order valence-corrected chi connectivity index (χ2v) is 3.22. The van der Waals surface area contributed by atoms with Crippen LogP contribution in [0, 0.1) is 5.92 Å². The molecule has 0 rings (SSSR count). The van der Waals surface area contributed by atoms with E-state index in [1.165, 1.54) is 31.3 Å². The van der Waals surface area contributed by atoms with Gasteiger partial charge in [-0.3, -0.25) is 0 Å². The van der Waals surface area contributed by atoms with E-state index in [0.29, 0.717) is 0 Å². The van der Waals surface area contributed by atoms with Crippen molar-refractivity contribution in [2.75, 3.05) is 0 Å². The quantitative estimate of drug-likeness (QED) is 0.527. The van der Waals surface area contributed by atoms with E-state index in [2.05, 4.69) is 40.5 Å². The molecular formula is C12H24. The van der Waals surface area contributed by atoms with E-state index < -0.39 is 0 Å². The molecule has 0 aromatic rings. The van der Waals surface area contributed by atoms with Gasteiger partial charge in [0, 0.05) is 0 Å². The first-order valence-electron chi connectivity index (χ1n) is 4.85. The van der Waals surface area contributed by atoms with E-state index in [-0.39, 0.29) is 0 Å². The molecule has 72 valence electrons. The Bertz CT molecular complexity index is 103. The fourth-order valence-corrected chi connectivity index (χ4v) is 1.35. The molecule has 0 saturated carbocycles. The lowest BCUT2D eigenvalue weighted by Crippen LogP contribution is -1.97. The average Bonchev–Trinajstić information content (AvgIpc) is 2.07. The molecule has 0 saturated heterocycles. The minimum absolute atomic E-state index is 0.891. The van der Waals surface area contributed by atoms with Gasteiger partial charge in [0.15, 0.2) is 0 Å². The van der Waals surface area contributed by atoms with Crippen molar-refractivity contribution in [3.8, 4) is 0 Å². The van der Waals surface area contributed by atoms with Crippen LogP contribution in [0.2, 0.25) is 0 Å². The van der Waals surface area contributed by atoms with Crippen LogP contribution in [0.4, 0.5) is 0 Å². The van der Waals surface area contributed by atoms with Gasteiger partial charge in [-0.25, -0.2) is 0 Å². The molecule has 0 radical (unpaired) electrons. The van der Waals surface area contributed by atoms with Crippen LogP contribution in [0.15, 0.2) is 25.3 Å². The molecule has 1 unspecified atom stereocenters. The van der Waals surface area contributed by atoms with Gasteiger partial charge < -0.3 is 0 Å². The first-order chi connectivity index (χ1) is 5.70. The molecule has 0 heterocycles. The third-order valence-electron chi connectivity index (χ3n) is 1.91. The Morgan fingerprint density at radius 1 is 1.25 bits per heavy atom. The second kappa shape index (κ2) is 10.5. The highest BCUT2D eigenvalue weighted by atomic mass is 14.1. The summed E-state index contributed by atoms with van der Waals surface area (Å²) >= 11 is 0. The fourth-order valence-electron chi connectivity index (χ4n) is 1.35. The van der Waals surface area contributed by atoms with E-state index in [9.17, 15) is 0 Å². The van der Waals surface area contributed by atoms with Crippen LogP contribution in [0.25, 0.3) is 0 Å². The van der Waals surface area contributed by atoms with Gasteiger partial charge in [-0.2, -0.15) is 0 Å². The maximum absolute atomic E-state index is 3.93. The first kappa shape index (κ1) is 14.0. The first-order valence-corrected chi connectivity index (χ1v) is 4.85. The lowest BCUT2D eigenvalue weighted by Gasteiger charge is -2.12. The Hall–Kier alpha value is -0.520. The summed E-state index contributed by atoms with van der Waals surface area (Å²) in [4.78, 5) is 0. The molecule has 0 spiro atoms. The van der Waals surface area contributed by atoms with Crippen molar-refractivity contribution >= 4 is 0 Å². The highest BCUT2D eigenvalue weighted by Crippen LogP contribution is 2.18. The topological polar surface area (TPSA) is 0 Å². The largest absolute Gasteiger partial charge is 0.106 e. The molecule has 0 aromatic heterocycles. The third kappa shape index (κ3) is 9.48. The number of hydrogen-bond acceptors (Lipinski definition) is 0. The molecule has 0 fully saturated rings. The lowest BCUT2D eigenvalue weighted by molar-refractivity contribution is 0.461. The fraction of sp³-hybridized carbons (Fsp3) is 0.667. The van der Waals surface area contributed by atoms with Gasteiger partial charge in [-0.05, 0) is 19.3 Å². The molecule has 0 aliphatic heterocycles. The van der Waals surface area contributed by atoms with E-state index in [1.54, 1.807) is 0 Å². The van der Waals surface area contributed by atoms with Crippen LogP contribution in [0.1, 0.15) is 46.5 Å². The van der Waals surface area contributed by atoms with Crippen molar-refractivity contribution < 1.29 is 0 Å². The van der Waals surface area contributed by atoms with Crippen molar-refractivity contribution in [3.63, 3.8) is 0 Å². The Morgan fingerprint density at radius 3 is 2.00 bits per heavy atom. The summed E-state index contributed by atoms with van der Waals surface area (Å²) in [5, 5.41) is 0. The molecule has 0 bridgehead atoms. The van der Waals surface area contributed by atoms with Gasteiger partial charge in [0.1, 0.15) is 0 Å². The van der Waals surface area contributed by atoms with Crippen LogP contribution < -0.4 is 0 Å². The summed E-state index contributed by atoms with van der Waals surface area (Å²) in [6.45, 7) is 16.6. The predicted octanol–water partition coefficient (Wildman–Crippen LogP) is 4.58. The third-order valence-corrected chi connectivity index (χ3v) is 1.91. The zero-order chi connectivity index (χ0) is 9.98. The number of allylic oxidation sites excluding steroid dienone is 1. The maximum Gasteiger partial charge on any atom is -0.0297 e. The van der Waals surface area contributed by atoms with Crippen LogP contribution >= 0.6 is 0 Å². The summed E-state index contributed by atoms with van der Waals surface area (Å²) in [6.07, 6.45) is 5.21. The van der Waals surface area contributed by atoms with Gasteiger partial charge in [-0.1, -0.05) is 38.7 Å². The molecule has 0 aromatic carbocycles. The standard InChI is InChI=1S/C10H20.C2H4/c1-5-7-10(6-2)8-9(3)4;1-2/h10H,3,5-8H2,1-2,4H3;1-2H2. The molecule has 0 heteroatoms. The molecule has 0 aliphatic rings. The van der Waals surface area contributed by atoms with E-state index in [1.807, 2.05) is 0 Å². The Balaban J connectivity index is 0. The molecule has 1 atom stereocenters. The second-order valence-electron chi connectivity index (χ2n) is 3.22. The zero-order valence-corrected chi connectivity index (χ0v) is 9.03. The lowest BCUT2D eigenvalue weighted by atomic mass is 9.94. The van der Waals surface area contributed by atoms with Crippen molar-refractivity contribution in [3.05, 3.63) is 25.3 Å². The van der Waals surface area contributed by atoms with Crippen molar-refractivity contribution in [1.82, 2.24) is 0 Å². The molecule has 0 aliphatic carbocycles.